The van der Waals surface area contributed by atoms with Crippen molar-refractivity contribution in [2.75, 3.05) is 27.2 Å². The minimum atomic E-state index is -0.467. The molecule has 0 saturated carbocycles. The van der Waals surface area contributed by atoms with Crippen LogP contribution in [0.2, 0.25) is 0 Å². The van der Waals surface area contributed by atoms with Crippen LogP contribution in [0.5, 0.6) is 0 Å². The van der Waals surface area contributed by atoms with Crippen molar-refractivity contribution in [3.8, 4) is 0 Å². The fourth-order valence-corrected chi connectivity index (χ4v) is 2.75. The maximum Gasteiger partial charge on any atom is 0.141 e. The molecule has 5 heteroatoms. The molecule has 0 radical (unpaired) electrons. The summed E-state index contributed by atoms with van der Waals surface area (Å²) in [5.74, 6) is 0. The Labute approximate surface area is 131 Å². The number of likely N-dealkylation sites (N-methyl/N-ethyl adjacent to an activating group) is 1. The number of nitrogens with zero attached hydrogens (tertiary/aromatic N) is 2. The molecule has 0 saturated heterocycles. The minimum absolute atomic E-state index is 0. The van der Waals surface area contributed by atoms with E-state index in [2.05, 4.69) is 34.3 Å². The first-order chi connectivity index (χ1) is 9.13. The zero-order valence-electron chi connectivity index (χ0n) is 12.1. The van der Waals surface area contributed by atoms with Gasteiger partial charge in [0.05, 0.1) is 12.3 Å². The van der Waals surface area contributed by atoms with E-state index in [9.17, 15) is 0 Å². The van der Waals surface area contributed by atoms with Gasteiger partial charge in [0.15, 0.2) is 0 Å². The highest BCUT2D eigenvalue weighted by Crippen LogP contribution is 2.34. The van der Waals surface area contributed by atoms with Gasteiger partial charge in [-0.05, 0) is 44.6 Å². The van der Waals surface area contributed by atoms with E-state index in [0.29, 0.717) is 6.61 Å². The second-order valence-electron chi connectivity index (χ2n) is 4.88. The lowest BCUT2D eigenvalue weighted by Crippen LogP contribution is -2.31. The Morgan fingerprint density at radius 3 is 2.60 bits per heavy atom. The average Bonchev–Trinajstić information content (AvgIpc) is 2.93. The molecule has 2 rings (SSSR count). The smallest absolute Gasteiger partial charge is 0.141 e. The maximum atomic E-state index is 6.18. The zero-order chi connectivity index (χ0) is 13.7. The number of thiophene rings is 1. The van der Waals surface area contributed by atoms with Crippen molar-refractivity contribution in [2.45, 2.75) is 12.5 Å². The molecular formula is C15H21ClN2OS. The Bertz CT molecular complexity index is 490. The Balaban J connectivity index is 0.00000200. The van der Waals surface area contributed by atoms with Crippen molar-refractivity contribution in [3.63, 3.8) is 0 Å². The van der Waals surface area contributed by atoms with E-state index in [1.165, 1.54) is 4.88 Å². The van der Waals surface area contributed by atoms with Gasteiger partial charge in [-0.15, -0.1) is 23.7 Å². The molecule has 2 heterocycles. The Hall–Kier alpha value is -0.940. The van der Waals surface area contributed by atoms with E-state index in [0.717, 1.165) is 12.2 Å². The first-order valence-corrected chi connectivity index (χ1v) is 7.25. The normalized spacial score (nSPS) is 13.8. The second kappa shape index (κ2) is 7.74. The van der Waals surface area contributed by atoms with Crippen molar-refractivity contribution in [2.24, 2.45) is 0 Å². The summed E-state index contributed by atoms with van der Waals surface area (Å²) in [4.78, 5) is 7.78. The van der Waals surface area contributed by atoms with E-state index in [1.807, 2.05) is 38.5 Å². The van der Waals surface area contributed by atoms with Crippen LogP contribution in [0.1, 0.15) is 17.5 Å². The summed E-state index contributed by atoms with van der Waals surface area (Å²) < 4.78 is 6.18. The van der Waals surface area contributed by atoms with Crippen molar-refractivity contribution in [1.82, 2.24) is 9.88 Å². The molecule has 0 aliphatic rings. The van der Waals surface area contributed by atoms with Gasteiger partial charge in [-0.25, -0.2) is 0 Å². The number of halogens is 1. The molecule has 0 N–H and O–H groups in total. The minimum Gasteiger partial charge on any atom is -0.362 e. The van der Waals surface area contributed by atoms with Crippen LogP contribution in [0.15, 0.2) is 41.9 Å². The summed E-state index contributed by atoms with van der Waals surface area (Å²) in [6.07, 6.45) is 1.82. The third kappa shape index (κ3) is 4.03. The first-order valence-electron chi connectivity index (χ1n) is 6.37. The van der Waals surface area contributed by atoms with E-state index in [-0.39, 0.29) is 12.4 Å². The van der Waals surface area contributed by atoms with Crippen LogP contribution in [0.25, 0.3) is 0 Å². The summed E-state index contributed by atoms with van der Waals surface area (Å²) in [5, 5.41) is 2.08. The van der Waals surface area contributed by atoms with Crippen LogP contribution >= 0.6 is 23.7 Å². The lowest BCUT2D eigenvalue weighted by Gasteiger charge is -2.29. The lowest BCUT2D eigenvalue weighted by atomic mass is 9.99. The number of aromatic nitrogens is 1. The Morgan fingerprint density at radius 1 is 1.25 bits per heavy atom. The molecule has 110 valence electrons. The Morgan fingerprint density at radius 2 is 2.05 bits per heavy atom. The van der Waals surface area contributed by atoms with Crippen molar-refractivity contribution >= 4 is 23.7 Å². The van der Waals surface area contributed by atoms with Crippen molar-refractivity contribution in [1.29, 1.82) is 0 Å². The molecule has 0 aliphatic heterocycles. The molecule has 20 heavy (non-hydrogen) atoms. The number of rotatable bonds is 6. The second-order valence-corrected chi connectivity index (χ2v) is 5.82. The largest absolute Gasteiger partial charge is 0.362 e. The first kappa shape index (κ1) is 17.1. The molecule has 0 spiro atoms. The third-order valence-electron chi connectivity index (χ3n) is 3.07. The predicted molar refractivity (Wildman–Crippen MR) is 86.8 cm³/mol. The quantitative estimate of drug-likeness (QED) is 0.817. The molecule has 1 unspecified atom stereocenters. The summed E-state index contributed by atoms with van der Waals surface area (Å²) in [6.45, 7) is 3.67. The molecule has 2 aromatic rings. The highest BCUT2D eigenvalue weighted by Gasteiger charge is 2.32. The summed E-state index contributed by atoms with van der Waals surface area (Å²) in [5.41, 5.74) is 0.488. The van der Waals surface area contributed by atoms with Gasteiger partial charge in [-0.2, -0.15) is 0 Å². The van der Waals surface area contributed by atoms with E-state index >= 15 is 0 Å². The van der Waals surface area contributed by atoms with Gasteiger partial charge in [0.1, 0.15) is 5.60 Å². The highest BCUT2D eigenvalue weighted by atomic mass is 35.5. The SMILES string of the molecule is CN(C)CCOC(C)(c1ccccn1)c1cccs1.Cl. The molecule has 0 fully saturated rings. The van der Waals surface area contributed by atoms with E-state index in [4.69, 9.17) is 4.74 Å². The lowest BCUT2D eigenvalue weighted by molar-refractivity contribution is -0.0105. The fourth-order valence-electron chi connectivity index (χ4n) is 1.90. The maximum absolute atomic E-state index is 6.18. The van der Waals surface area contributed by atoms with Crippen LogP contribution in [0.3, 0.4) is 0 Å². The predicted octanol–water partition coefficient (Wildman–Crippen LogP) is 3.41. The zero-order valence-corrected chi connectivity index (χ0v) is 13.7. The van der Waals surface area contributed by atoms with Crippen LogP contribution in [0, 0.1) is 0 Å². The fraction of sp³-hybridized carbons (Fsp3) is 0.400. The van der Waals surface area contributed by atoms with Gasteiger partial charge in [-0.3, -0.25) is 4.98 Å². The third-order valence-corrected chi connectivity index (χ3v) is 4.15. The number of hydrogen-bond acceptors (Lipinski definition) is 4. The summed E-state index contributed by atoms with van der Waals surface area (Å²) in [6, 6.07) is 10.1. The van der Waals surface area contributed by atoms with Gasteiger partial charge in [0.25, 0.3) is 0 Å². The molecule has 3 nitrogen and oxygen atoms in total. The number of ether oxygens (including phenoxy) is 1. The molecule has 0 aromatic carbocycles. The van der Waals surface area contributed by atoms with E-state index < -0.39 is 5.60 Å². The van der Waals surface area contributed by atoms with Crippen molar-refractivity contribution < 1.29 is 4.74 Å². The standard InChI is InChI=1S/C15H20N2OS.ClH/c1-15(14-8-6-12-19-14,18-11-10-17(2)3)13-7-4-5-9-16-13;/h4-9,12H,10-11H2,1-3H3;1H. The van der Waals surface area contributed by atoms with Gasteiger partial charge in [0, 0.05) is 17.6 Å². The molecule has 2 aromatic heterocycles. The van der Waals surface area contributed by atoms with Gasteiger partial charge in [0.2, 0.25) is 0 Å². The molecule has 0 bridgehead atoms. The monoisotopic (exact) mass is 312 g/mol. The molecule has 0 amide bonds. The van der Waals surface area contributed by atoms with Crippen LogP contribution < -0.4 is 0 Å². The number of pyridine rings is 1. The summed E-state index contributed by atoms with van der Waals surface area (Å²) >= 11 is 1.70. The summed E-state index contributed by atoms with van der Waals surface area (Å²) in [7, 11) is 4.10. The molecule has 0 aliphatic carbocycles. The topological polar surface area (TPSA) is 25.4 Å². The van der Waals surface area contributed by atoms with Crippen LogP contribution in [-0.4, -0.2) is 37.1 Å². The van der Waals surface area contributed by atoms with Crippen molar-refractivity contribution in [3.05, 3.63) is 52.5 Å². The molecular weight excluding hydrogens is 292 g/mol. The number of hydrogen-bond donors (Lipinski definition) is 0. The van der Waals surface area contributed by atoms with E-state index in [1.54, 1.807) is 11.3 Å². The molecule has 1 atom stereocenters. The highest BCUT2D eigenvalue weighted by molar-refractivity contribution is 7.10. The van der Waals surface area contributed by atoms with Crippen LogP contribution in [-0.2, 0) is 10.3 Å². The van der Waals surface area contributed by atoms with Gasteiger partial charge >= 0.3 is 0 Å². The average molecular weight is 313 g/mol. The van der Waals surface area contributed by atoms with Gasteiger partial charge < -0.3 is 9.64 Å². The van der Waals surface area contributed by atoms with Crippen LogP contribution in [0.4, 0.5) is 0 Å². The van der Waals surface area contributed by atoms with Gasteiger partial charge in [-0.1, -0.05) is 12.1 Å². The Kier molecular flexibility index (Phi) is 6.62.